The van der Waals surface area contributed by atoms with E-state index in [1.165, 1.54) is 0 Å². The van der Waals surface area contributed by atoms with Crippen LogP contribution in [0.25, 0.3) is 0 Å². The van der Waals surface area contributed by atoms with Crippen molar-refractivity contribution < 1.29 is 4.79 Å². The van der Waals surface area contributed by atoms with E-state index in [0.29, 0.717) is 6.54 Å². The average Bonchev–Trinajstić information content (AvgIpc) is 2.78. The van der Waals surface area contributed by atoms with E-state index < -0.39 is 0 Å². The van der Waals surface area contributed by atoms with Crippen molar-refractivity contribution in [1.29, 1.82) is 0 Å². The Balaban J connectivity index is 1.90. The molecule has 5 nitrogen and oxygen atoms in total. The van der Waals surface area contributed by atoms with Crippen LogP contribution in [0.4, 0.5) is 0 Å². The summed E-state index contributed by atoms with van der Waals surface area (Å²) in [5.74, 6) is 0.0734. The van der Waals surface area contributed by atoms with Crippen LogP contribution in [0, 0.1) is 5.41 Å². The minimum Gasteiger partial charge on any atom is -0.349 e. The van der Waals surface area contributed by atoms with Crippen LogP contribution in [-0.4, -0.2) is 28.5 Å². The van der Waals surface area contributed by atoms with Crippen LogP contribution in [0.15, 0.2) is 12.5 Å². The third-order valence-corrected chi connectivity index (χ3v) is 3.40. The number of nitrogens with one attached hydrogen (secondary N) is 3. The van der Waals surface area contributed by atoms with Gasteiger partial charge in [0.1, 0.15) is 0 Å². The van der Waals surface area contributed by atoms with Crippen LogP contribution < -0.4 is 10.6 Å². The van der Waals surface area contributed by atoms with Crippen molar-refractivity contribution in [2.45, 2.75) is 39.3 Å². The van der Waals surface area contributed by atoms with E-state index in [1.54, 1.807) is 12.5 Å². The average molecular weight is 236 g/mol. The van der Waals surface area contributed by atoms with E-state index in [0.717, 1.165) is 25.1 Å². The Kier molecular flexibility index (Phi) is 3.47. The van der Waals surface area contributed by atoms with Crippen LogP contribution in [0.1, 0.15) is 32.4 Å². The molecule has 1 aliphatic rings. The minimum absolute atomic E-state index is 0.0241. The predicted octanol–water partition coefficient (Wildman–Crippen LogP) is 0.804. The fraction of sp³-hybridized carbons (Fsp3) is 0.667. The molecule has 1 atom stereocenters. The second kappa shape index (κ2) is 4.87. The van der Waals surface area contributed by atoms with Crippen molar-refractivity contribution in [2.24, 2.45) is 5.41 Å². The number of carbonyl (C=O) groups excluding carboxylic acids is 1. The van der Waals surface area contributed by atoms with Gasteiger partial charge in [0.25, 0.3) is 0 Å². The number of carbonyl (C=O) groups is 1. The highest BCUT2D eigenvalue weighted by molar-refractivity contribution is 5.82. The molecule has 0 aliphatic carbocycles. The largest absolute Gasteiger partial charge is 0.349 e. The Labute approximate surface area is 101 Å². The standard InChI is InChI=1S/C12H20N4O/c1-12(2)4-3-5-14-10(12)11(17)15-7-9-6-13-8-16-9/h6,8,10,14H,3-5,7H2,1-2H3,(H,13,16)(H,15,17). The third kappa shape index (κ3) is 2.85. The number of aromatic amines is 1. The van der Waals surface area contributed by atoms with Crippen LogP contribution >= 0.6 is 0 Å². The normalized spacial score (nSPS) is 23.3. The summed E-state index contributed by atoms with van der Waals surface area (Å²) in [5.41, 5.74) is 0.947. The van der Waals surface area contributed by atoms with Crippen LogP contribution in [-0.2, 0) is 11.3 Å². The molecular weight excluding hydrogens is 216 g/mol. The van der Waals surface area contributed by atoms with Gasteiger partial charge in [-0.1, -0.05) is 13.8 Å². The SMILES string of the molecule is CC1(C)CCCNC1C(=O)NCc1cnc[nH]1. The zero-order valence-electron chi connectivity index (χ0n) is 10.4. The topological polar surface area (TPSA) is 69.8 Å². The second-order valence-electron chi connectivity index (χ2n) is 5.27. The Hall–Kier alpha value is -1.36. The Morgan fingerprint density at radius 1 is 1.65 bits per heavy atom. The molecule has 1 saturated heterocycles. The van der Waals surface area contributed by atoms with Gasteiger partial charge in [-0.3, -0.25) is 4.79 Å². The van der Waals surface area contributed by atoms with Crippen molar-refractivity contribution in [3.05, 3.63) is 18.2 Å². The zero-order valence-corrected chi connectivity index (χ0v) is 10.4. The summed E-state index contributed by atoms with van der Waals surface area (Å²) < 4.78 is 0. The smallest absolute Gasteiger partial charge is 0.238 e. The van der Waals surface area contributed by atoms with Gasteiger partial charge in [-0.05, 0) is 24.8 Å². The number of amides is 1. The molecule has 2 heterocycles. The Morgan fingerprint density at radius 3 is 3.12 bits per heavy atom. The summed E-state index contributed by atoms with van der Waals surface area (Å²) in [4.78, 5) is 19.0. The maximum atomic E-state index is 12.1. The maximum Gasteiger partial charge on any atom is 0.238 e. The summed E-state index contributed by atoms with van der Waals surface area (Å²) in [6.45, 7) is 5.71. The molecule has 1 unspecified atom stereocenters. The molecule has 1 aliphatic heterocycles. The van der Waals surface area contributed by atoms with Crippen molar-refractivity contribution in [1.82, 2.24) is 20.6 Å². The first-order chi connectivity index (χ1) is 8.09. The number of hydrogen-bond acceptors (Lipinski definition) is 3. The molecule has 94 valence electrons. The highest BCUT2D eigenvalue weighted by atomic mass is 16.2. The lowest BCUT2D eigenvalue weighted by Crippen LogP contribution is -2.55. The molecule has 1 aromatic heterocycles. The van der Waals surface area contributed by atoms with Crippen molar-refractivity contribution in [3.63, 3.8) is 0 Å². The van der Waals surface area contributed by atoms with Crippen molar-refractivity contribution in [3.8, 4) is 0 Å². The summed E-state index contributed by atoms with van der Waals surface area (Å²) in [6.07, 6.45) is 5.56. The second-order valence-corrected chi connectivity index (χ2v) is 5.27. The van der Waals surface area contributed by atoms with E-state index >= 15 is 0 Å². The van der Waals surface area contributed by atoms with E-state index in [4.69, 9.17) is 0 Å². The summed E-state index contributed by atoms with van der Waals surface area (Å²) in [7, 11) is 0. The zero-order chi connectivity index (χ0) is 12.3. The van der Waals surface area contributed by atoms with Gasteiger partial charge in [0.2, 0.25) is 5.91 Å². The summed E-state index contributed by atoms with van der Waals surface area (Å²) in [6, 6.07) is -0.0980. The Bertz CT molecular complexity index is 372. The first-order valence-corrected chi connectivity index (χ1v) is 6.08. The third-order valence-electron chi connectivity index (χ3n) is 3.40. The summed E-state index contributed by atoms with van der Waals surface area (Å²) >= 11 is 0. The molecule has 1 amide bonds. The van der Waals surface area contributed by atoms with Crippen molar-refractivity contribution >= 4 is 5.91 Å². The number of imidazole rings is 1. The number of nitrogens with zero attached hydrogens (tertiary/aromatic N) is 1. The molecule has 5 heteroatoms. The van der Waals surface area contributed by atoms with Gasteiger partial charge in [-0.25, -0.2) is 4.98 Å². The maximum absolute atomic E-state index is 12.1. The lowest BCUT2D eigenvalue weighted by molar-refractivity contribution is -0.126. The number of piperidine rings is 1. The van der Waals surface area contributed by atoms with Gasteiger partial charge in [-0.2, -0.15) is 0 Å². The first-order valence-electron chi connectivity index (χ1n) is 6.08. The van der Waals surface area contributed by atoms with Gasteiger partial charge in [0, 0.05) is 6.20 Å². The molecule has 3 N–H and O–H groups in total. The lowest BCUT2D eigenvalue weighted by Gasteiger charge is -2.38. The highest BCUT2D eigenvalue weighted by Crippen LogP contribution is 2.30. The van der Waals surface area contributed by atoms with E-state index in [1.807, 2.05) is 0 Å². The van der Waals surface area contributed by atoms with E-state index in [2.05, 4.69) is 34.4 Å². The molecule has 0 aromatic carbocycles. The van der Waals surface area contributed by atoms with Crippen LogP contribution in [0.2, 0.25) is 0 Å². The van der Waals surface area contributed by atoms with E-state index in [-0.39, 0.29) is 17.4 Å². The molecule has 0 radical (unpaired) electrons. The quantitative estimate of drug-likeness (QED) is 0.727. The molecular formula is C12H20N4O. The number of hydrogen-bond donors (Lipinski definition) is 3. The molecule has 0 spiro atoms. The molecule has 17 heavy (non-hydrogen) atoms. The van der Waals surface area contributed by atoms with Crippen LogP contribution in [0.3, 0.4) is 0 Å². The number of aromatic nitrogens is 2. The lowest BCUT2D eigenvalue weighted by atomic mass is 9.77. The van der Waals surface area contributed by atoms with E-state index in [9.17, 15) is 4.79 Å². The van der Waals surface area contributed by atoms with Gasteiger partial charge < -0.3 is 15.6 Å². The van der Waals surface area contributed by atoms with Gasteiger partial charge in [0.05, 0.1) is 24.6 Å². The number of H-pyrrole nitrogens is 1. The monoisotopic (exact) mass is 236 g/mol. The van der Waals surface area contributed by atoms with Gasteiger partial charge >= 0.3 is 0 Å². The number of rotatable bonds is 3. The fourth-order valence-electron chi connectivity index (χ4n) is 2.32. The molecule has 0 bridgehead atoms. The molecule has 0 saturated carbocycles. The predicted molar refractivity (Wildman–Crippen MR) is 65.2 cm³/mol. The van der Waals surface area contributed by atoms with Crippen LogP contribution in [0.5, 0.6) is 0 Å². The minimum atomic E-state index is -0.0980. The van der Waals surface area contributed by atoms with Gasteiger partial charge in [0.15, 0.2) is 0 Å². The Morgan fingerprint density at radius 2 is 2.47 bits per heavy atom. The van der Waals surface area contributed by atoms with Crippen molar-refractivity contribution in [2.75, 3.05) is 6.54 Å². The molecule has 1 aromatic rings. The fourth-order valence-corrected chi connectivity index (χ4v) is 2.32. The first kappa shape index (κ1) is 12.1. The molecule has 1 fully saturated rings. The summed E-state index contributed by atoms with van der Waals surface area (Å²) in [5, 5.41) is 6.24. The molecule has 2 rings (SSSR count). The van der Waals surface area contributed by atoms with Gasteiger partial charge in [-0.15, -0.1) is 0 Å². The highest BCUT2D eigenvalue weighted by Gasteiger charge is 2.36.